The molecule has 1 heterocycles. The first-order valence-corrected chi connectivity index (χ1v) is 9.85. The Balaban J connectivity index is 1.78. The Hall–Kier alpha value is -1.05. The Morgan fingerprint density at radius 1 is 0.826 bits per heavy atom. The van der Waals surface area contributed by atoms with Crippen LogP contribution in [0.25, 0.3) is 0 Å². The molecule has 0 atom stereocenters. The summed E-state index contributed by atoms with van der Waals surface area (Å²) in [5.41, 5.74) is 1.90. The number of rotatable bonds is 15. The first-order chi connectivity index (χ1) is 11.2. The van der Waals surface area contributed by atoms with Crippen molar-refractivity contribution in [1.82, 2.24) is 4.98 Å². The van der Waals surface area contributed by atoms with Gasteiger partial charge in [0.1, 0.15) is 0 Å². The number of aryl methyl sites for hydroxylation is 1. The molecule has 0 unspecified atom stereocenters. The minimum atomic E-state index is 0.698. The molecule has 0 saturated carbocycles. The summed E-state index contributed by atoms with van der Waals surface area (Å²) in [7, 11) is 0. The van der Waals surface area contributed by atoms with Crippen LogP contribution < -0.4 is 0 Å². The van der Waals surface area contributed by atoms with E-state index in [9.17, 15) is 4.79 Å². The van der Waals surface area contributed by atoms with Crippen LogP contribution in [0.15, 0.2) is 12.1 Å². The van der Waals surface area contributed by atoms with Gasteiger partial charge in [-0.2, -0.15) is 0 Å². The minimum Gasteiger partial charge on any atom is -0.356 e. The molecule has 132 valence electrons. The Labute approximate surface area is 143 Å². The largest absolute Gasteiger partial charge is 0.356 e. The van der Waals surface area contributed by atoms with Crippen molar-refractivity contribution in [2.24, 2.45) is 5.92 Å². The van der Waals surface area contributed by atoms with E-state index in [0.29, 0.717) is 5.69 Å². The molecule has 1 rings (SSSR count). The van der Waals surface area contributed by atoms with E-state index in [2.05, 4.69) is 18.8 Å². The van der Waals surface area contributed by atoms with Crippen molar-refractivity contribution >= 4 is 6.29 Å². The highest BCUT2D eigenvalue weighted by molar-refractivity contribution is 5.71. The number of aromatic amines is 1. The van der Waals surface area contributed by atoms with Crippen LogP contribution >= 0.6 is 0 Å². The van der Waals surface area contributed by atoms with Gasteiger partial charge in [0, 0.05) is 5.69 Å². The smallest absolute Gasteiger partial charge is 0.166 e. The number of nitrogens with one attached hydrogen (secondary N) is 1. The van der Waals surface area contributed by atoms with Gasteiger partial charge in [0.2, 0.25) is 0 Å². The fraction of sp³-hybridized carbons (Fsp3) is 0.762. The summed E-state index contributed by atoms with van der Waals surface area (Å²) in [6.07, 6.45) is 18.6. The van der Waals surface area contributed by atoms with E-state index in [1.807, 2.05) is 12.1 Å². The SMILES string of the molecule is CC(C)CCCCCCCCCCCCCc1ccc(C=O)[nH]1. The number of carbonyl (C=O) groups is 1. The predicted molar refractivity (Wildman–Crippen MR) is 100 cm³/mol. The molecule has 0 aromatic carbocycles. The zero-order valence-electron chi connectivity index (χ0n) is 15.4. The second-order valence-electron chi connectivity index (χ2n) is 7.38. The molecule has 2 nitrogen and oxygen atoms in total. The van der Waals surface area contributed by atoms with Crippen molar-refractivity contribution in [2.45, 2.75) is 97.3 Å². The Morgan fingerprint density at radius 2 is 1.35 bits per heavy atom. The third-order valence-corrected chi connectivity index (χ3v) is 4.62. The molecule has 1 aromatic rings. The molecule has 0 aliphatic rings. The standard InChI is InChI=1S/C21H37NO/c1-19(2)14-12-10-8-6-4-3-5-7-9-11-13-15-20-16-17-21(18-23)22-20/h16-19,22H,3-15H2,1-2H3. The lowest BCUT2D eigenvalue weighted by atomic mass is 10.0. The van der Waals surface area contributed by atoms with Crippen molar-refractivity contribution in [3.8, 4) is 0 Å². The third kappa shape index (κ3) is 11.2. The first-order valence-electron chi connectivity index (χ1n) is 9.85. The fourth-order valence-electron chi connectivity index (χ4n) is 3.13. The van der Waals surface area contributed by atoms with Crippen molar-refractivity contribution < 1.29 is 4.79 Å². The summed E-state index contributed by atoms with van der Waals surface area (Å²) < 4.78 is 0. The summed E-state index contributed by atoms with van der Waals surface area (Å²) in [4.78, 5) is 13.7. The van der Waals surface area contributed by atoms with Crippen LogP contribution in [0.2, 0.25) is 0 Å². The molecule has 0 aliphatic carbocycles. The summed E-state index contributed by atoms with van der Waals surface area (Å²) in [6, 6.07) is 3.90. The predicted octanol–water partition coefficient (Wildman–Crippen LogP) is 6.71. The second kappa shape index (κ2) is 13.4. The van der Waals surface area contributed by atoms with Crippen LogP contribution in [0, 0.1) is 5.92 Å². The zero-order chi connectivity index (χ0) is 16.8. The van der Waals surface area contributed by atoms with Gasteiger partial charge in [-0.05, 0) is 30.9 Å². The van der Waals surface area contributed by atoms with E-state index < -0.39 is 0 Å². The Kier molecular flexibility index (Phi) is 11.6. The molecular weight excluding hydrogens is 282 g/mol. The van der Waals surface area contributed by atoms with Crippen LogP contribution in [-0.2, 0) is 6.42 Å². The van der Waals surface area contributed by atoms with E-state index >= 15 is 0 Å². The Bertz CT molecular complexity index is 394. The average Bonchev–Trinajstić information content (AvgIpc) is 2.99. The van der Waals surface area contributed by atoms with Gasteiger partial charge >= 0.3 is 0 Å². The lowest BCUT2D eigenvalue weighted by Crippen LogP contribution is -1.88. The van der Waals surface area contributed by atoms with Crippen molar-refractivity contribution in [3.05, 3.63) is 23.5 Å². The highest BCUT2D eigenvalue weighted by Gasteiger charge is 1.98. The highest BCUT2D eigenvalue weighted by atomic mass is 16.1. The van der Waals surface area contributed by atoms with Crippen molar-refractivity contribution in [1.29, 1.82) is 0 Å². The van der Waals surface area contributed by atoms with E-state index in [1.165, 1.54) is 82.7 Å². The summed E-state index contributed by atoms with van der Waals surface area (Å²) >= 11 is 0. The first kappa shape index (κ1) is 20.0. The summed E-state index contributed by atoms with van der Waals surface area (Å²) in [6.45, 7) is 4.64. The van der Waals surface area contributed by atoms with Crippen LogP contribution in [0.4, 0.5) is 0 Å². The van der Waals surface area contributed by atoms with Crippen molar-refractivity contribution in [2.75, 3.05) is 0 Å². The molecule has 0 bridgehead atoms. The molecule has 0 amide bonds. The van der Waals surface area contributed by atoms with E-state index in [-0.39, 0.29) is 0 Å². The number of unbranched alkanes of at least 4 members (excludes halogenated alkanes) is 10. The van der Waals surface area contributed by atoms with Crippen LogP contribution in [-0.4, -0.2) is 11.3 Å². The van der Waals surface area contributed by atoms with Gasteiger partial charge in [-0.3, -0.25) is 4.79 Å². The number of aldehydes is 1. The zero-order valence-corrected chi connectivity index (χ0v) is 15.4. The molecule has 0 aliphatic heterocycles. The Morgan fingerprint density at radius 3 is 1.83 bits per heavy atom. The highest BCUT2D eigenvalue weighted by Crippen LogP contribution is 2.14. The van der Waals surface area contributed by atoms with E-state index in [4.69, 9.17) is 0 Å². The quantitative estimate of drug-likeness (QED) is 0.283. The van der Waals surface area contributed by atoms with Gasteiger partial charge < -0.3 is 4.98 Å². The summed E-state index contributed by atoms with van der Waals surface area (Å²) in [5, 5.41) is 0. The van der Waals surface area contributed by atoms with Gasteiger partial charge in [0.15, 0.2) is 6.29 Å². The fourth-order valence-corrected chi connectivity index (χ4v) is 3.13. The number of carbonyl (C=O) groups excluding carboxylic acids is 1. The number of hydrogen-bond acceptors (Lipinski definition) is 1. The van der Waals surface area contributed by atoms with Gasteiger partial charge in [0.05, 0.1) is 5.69 Å². The van der Waals surface area contributed by atoms with Crippen LogP contribution in [0.5, 0.6) is 0 Å². The molecule has 0 spiro atoms. The monoisotopic (exact) mass is 319 g/mol. The third-order valence-electron chi connectivity index (χ3n) is 4.62. The molecule has 2 heteroatoms. The second-order valence-corrected chi connectivity index (χ2v) is 7.38. The minimum absolute atomic E-state index is 0.698. The van der Waals surface area contributed by atoms with Gasteiger partial charge in [-0.15, -0.1) is 0 Å². The lowest BCUT2D eigenvalue weighted by molar-refractivity contribution is 0.111. The molecule has 0 fully saturated rings. The van der Waals surface area contributed by atoms with Crippen LogP contribution in [0.3, 0.4) is 0 Å². The van der Waals surface area contributed by atoms with Gasteiger partial charge in [0.25, 0.3) is 0 Å². The molecule has 1 aromatic heterocycles. The van der Waals surface area contributed by atoms with E-state index in [1.54, 1.807) is 0 Å². The lowest BCUT2D eigenvalue weighted by Gasteiger charge is -2.04. The van der Waals surface area contributed by atoms with Gasteiger partial charge in [-0.1, -0.05) is 84.5 Å². The molecule has 1 N–H and O–H groups in total. The topological polar surface area (TPSA) is 32.9 Å². The molecule has 23 heavy (non-hydrogen) atoms. The normalized spacial score (nSPS) is 11.3. The molecule has 0 radical (unpaired) electrons. The number of hydrogen-bond donors (Lipinski definition) is 1. The average molecular weight is 320 g/mol. The maximum atomic E-state index is 10.6. The van der Waals surface area contributed by atoms with E-state index in [0.717, 1.165) is 18.6 Å². The molecule has 0 saturated heterocycles. The van der Waals surface area contributed by atoms with Crippen molar-refractivity contribution in [3.63, 3.8) is 0 Å². The number of H-pyrrole nitrogens is 1. The molecular formula is C21H37NO. The van der Waals surface area contributed by atoms with Crippen LogP contribution in [0.1, 0.15) is 107 Å². The maximum absolute atomic E-state index is 10.6. The van der Waals surface area contributed by atoms with Gasteiger partial charge in [-0.25, -0.2) is 0 Å². The maximum Gasteiger partial charge on any atom is 0.166 e. The summed E-state index contributed by atoms with van der Waals surface area (Å²) in [5.74, 6) is 0.874. The number of aromatic nitrogens is 1.